The fraction of sp³-hybridized carbons (Fsp3) is 0.227. The molecule has 0 aliphatic heterocycles. The van der Waals surface area contributed by atoms with Crippen LogP contribution < -0.4 is 10.1 Å². The molecular formula is C22H23N3O2. The highest BCUT2D eigenvalue weighted by molar-refractivity contribution is 5.91. The molecule has 1 amide bonds. The molecule has 1 aromatic heterocycles. The molecule has 0 spiro atoms. The van der Waals surface area contributed by atoms with Crippen molar-refractivity contribution in [3.63, 3.8) is 0 Å². The molecule has 3 rings (SSSR count). The molecule has 5 nitrogen and oxygen atoms in total. The van der Waals surface area contributed by atoms with Gasteiger partial charge >= 0.3 is 0 Å². The first-order chi connectivity index (χ1) is 13.0. The van der Waals surface area contributed by atoms with Crippen molar-refractivity contribution >= 4 is 11.6 Å². The zero-order chi connectivity index (χ0) is 19.2. The van der Waals surface area contributed by atoms with Crippen molar-refractivity contribution < 1.29 is 9.53 Å². The topological polar surface area (TPSA) is 64.1 Å². The highest BCUT2D eigenvalue weighted by Gasteiger charge is 2.11. The van der Waals surface area contributed by atoms with Crippen molar-refractivity contribution in [2.24, 2.45) is 0 Å². The number of carbonyl (C=O) groups is 1. The summed E-state index contributed by atoms with van der Waals surface area (Å²) in [6.07, 6.45) is 3.19. The van der Waals surface area contributed by atoms with Gasteiger partial charge in [0.25, 0.3) is 5.91 Å². The van der Waals surface area contributed by atoms with Crippen LogP contribution in [0.3, 0.4) is 0 Å². The molecule has 2 aromatic carbocycles. The molecule has 138 valence electrons. The minimum atomic E-state index is -0.248. The number of rotatable bonds is 6. The molecule has 1 heterocycles. The van der Waals surface area contributed by atoms with Gasteiger partial charge in [0.2, 0.25) is 0 Å². The van der Waals surface area contributed by atoms with E-state index in [1.165, 1.54) is 0 Å². The average Bonchev–Trinajstić information content (AvgIpc) is 2.67. The van der Waals surface area contributed by atoms with Gasteiger partial charge in [0.15, 0.2) is 12.4 Å². The predicted molar refractivity (Wildman–Crippen MR) is 107 cm³/mol. The van der Waals surface area contributed by atoms with Gasteiger partial charge in [-0.2, -0.15) is 0 Å². The van der Waals surface area contributed by atoms with Crippen molar-refractivity contribution in [1.82, 2.24) is 9.97 Å². The Hall–Kier alpha value is -3.21. The van der Waals surface area contributed by atoms with E-state index in [2.05, 4.69) is 29.1 Å². The third kappa shape index (κ3) is 4.91. The Labute approximate surface area is 159 Å². The van der Waals surface area contributed by atoms with Crippen molar-refractivity contribution in [3.8, 4) is 17.1 Å². The lowest BCUT2D eigenvalue weighted by Gasteiger charge is -2.14. The first kappa shape index (κ1) is 18.6. The molecule has 3 aromatic rings. The molecule has 5 heteroatoms. The Morgan fingerprint density at radius 2 is 1.78 bits per heavy atom. The van der Waals surface area contributed by atoms with Crippen LogP contribution in [0, 0.1) is 6.92 Å². The van der Waals surface area contributed by atoms with Crippen LogP contribution in [0.25, 0.3) is 11.4 Å². The van der Waals surface area contributed by atoms with E-state index in [1.54, 1.807) is 12.4 Å². The number of hydrogen-bond acceptors (Lipinski definition) is 4. The highest BCUT2D eigenvalue weighted by Crippen LogP contribution is 2.27. The monoisotopic (exact) mass is 361 g/mol. The largest absolute Gasteiger partial charge is 0.483 e. The summed E-state index contributed by atoms with van der Waals surface area (Å²) in [5.74, 6) is 1.44. The second kappa shape index (κ2) is 8.45. The SMILES string of the molecule is Cc1ccc(C(C)C)c(OCC(=O)Nc2cnc(-c3ccccc3)nc2)c1. The average molecular weight is 361 g/mol. The first-order valence-electron chi connectivity index (χ1n) is 8.93. The summed E-state index contributed by atoms with van der Waals surface area (Å²) < 4.78 is 5.75. The molecule has 0 radical (unpaired) electrons. The van der Waals surface area contributed by atoms with Crippen LogP contribution in [0.2, 0.25) is 0 Å². The highest BCUT2D eigenvalue weighted by atomic mass is 16.5. The number of nitrogens with zero attached hydrogens (tertiary/aromatic N) is 2. The molecule has 0 saturated heterocycles. The molecule has 0 atom stereocenters. The Morgan fingerprint density at radius 3 is 2.44 bits per heavy atom. The van der Waals surface area contributed by atoms with Crippen molar-refractivity contribution in [2.75, 3.05) is 11.9 Å². The summed E-state index contributed by atoms with van der Waals surface area (Å²) in [5.41, 5.74) is 3.65. The van der Waals surface area contributed by atoms with E-state index in [4.69, 9.17) is 4.74 Å². The molecule has 0 bridgehead atoms. The first-order valence-corrected chi connectivity index (χ1v) is 8.93. The van der Waals surface area contributed by atoms with Gasteiger partial charge in [-0.25, -0.2) is 9.97 Å². The van der Waals surface area contributed by atoms with Crippen molar-refractivity contribution in [3.05, 3.63) is 72.1 Å². The van der Waals surface area contributed by atoms with Gasteiger partial charge in [-0.15, -0.1) is 0 Å². The van der Waals surface area contributed by atoms with Crippen LogP contribution >= 0.6 is 0 Å². The second-order valence-corrected chi connectivity index (χ2v) is 6.69. The fourth-order valence-corrected chi connectivity index (χ4v) is 2.71. The number of hydrogen-bond donors (Lipinski definition) is 1. The van der Waals surface area contributed by atoms with E-state index < -0.39 is 0 Å². The van der Waals surface area contributed by atoms with Crippen LogP contribution in [-0.4, -0.2) is 22.5 Å². The van der Waals surface area contributed by atoms with Gasteiger partial charge in [-0.3, -0.25) is 4.79 Å². The molecule has 0 aliphatic rings. The van der Waals surface area contributed by atoms with Crippen LogP contribution in [-0.2, 0) is 4.79 Å². The van der Waals surface area contributed by atoms with Gasteiger partial charge in [0, 0.05) is 5.56 Å². The maximum absolute atomic E-state index is 12.2. The Balaban J connectivity index is 1.61. The molecule has 1 N–H and O–H groups in total. The number of amides is 1. The number of aryl methyl sites for hydroxylation is 1. The summed E-state index contributed by atoms with van der Waals surface area (Å²) in [6.45, 7) is 6.14. The molecule has 0 aliphatic carbocycles. The number of benzene rings is 2. The van der Waals surface area contributed by atoms with Gasteiger partial charge < -0.3 is 10.1 Å². The van der Waals surface area contributed by atoms with Crippen LogP contribution in [0.5, 0.6) is 5.75 Å². The van der Waals surface area contributed by atoms with E-state index in [0.29, 0.717) is 17.4 Å². The molecule has 0 saturated carbocycles. The fourth-order valence-electron chi connectivity index (χ4n) is 2.71. The maximum Gasteiger partial charge on any atom is 0.262 e. The Bertz CT molecular complexity index is 907. The van der Waals surface area contributed by atoms with Gasteiger partial charge in [0.05, 0.1) is 18.1 Å². The minimum absolute atomic E-state index is 0.0659. The third-order valence-corrected chi connectivity index (χ3v) is 4.12. The number of nitrogens with one attached hydrogen (secondary N) is 1. The van der Waals surface area contributed by atoms with Crippen molar-refractivity contribution in [1.29, 1.82) is 0 Å². The van der Waals surface area contributed by atoms with Gasteiger partial charge in [0.1, 0.15) is 5.75 Å². The normalized spacial score (nSPS) is 10.7. The summed E-state index contributed by atoms with van der Waals surface area (Å²) in [6, 6.07) is 15.7. The van der Waals surface area contributed by atoms with E-state index in [-0.39, 0.29) is 12.5 Å². The summed E-state index contributed by atoms with van der Waals surface area (Å²) in [7, 11) is 0. The molecular weight excluding hydrogens is 338 g/mol. The smallest absolute Gasteiger partial charge is 0.262 e. The zero-order valence-electron chi connectivity index (χ0n) is 15.8. The lowest BCUT2D eigenvalue weighted by atomic mass is 10.0. The van der Waals surface area contributed by atoms with E-state index in [1.807, 2.05) is 55.5 Å². The minimum Gasteiger partial charge on any atom is -0.483 e. The molecule has 27 heavy (non-hydrogen) atoms. The lowest BCUT2D eigenvalue weighted by molar-refractivity contribution is -0.118. The standard InChI is InChI=1S/C22H23N3O2/c1-15(2)19-10-9-16(3)11-20(19)27-14-21(26)25-18-12-23-22(24-13-18)17-7-5-4-6-8-17/h4-13,15H,14H2,1-3H3,(H,25,26). The third-order valence-electron chi connectivity index (χ3n) is 4.12. The number of aromatic nitrogens is 2. The van der Waals surface area contributed by atoms with E-state index in [0.717, 1.165) is 22.4 Å². The Kier molecular flexibility index (Phi) is 5.81. The van der Waals surface area contributed by atoms with Crippen LogP contribution in [0.1, 0.15) is 30.9 Å². The summed E-state index contributed by atoms with van der Waals surface area (Å²) in [4.78, 5) is 20.8. The predicted octanol–water partition coefficient (Wildman–Crippen LogP) is 4.59. The lowest BCUT2D eigenvalue weighted by Crippen LogP contribution is -2.21. The Morgan fingerprint density at radius 1 is 1.07 bits per heavy atom. The van der Waals surface area contributed by atoms with Crippen LogP contribution in [0.4, 0.5) is 5.69 Å². The number of anilines is 1. The number of carbonyl (C=O) groups excluding carboxylic acids is 1. The van der Waals surface area contributed by atoms with Crippen LogP contribution in [0.15, 0.2) is 60.9 Å². The zero-order valence-corrected chi connectivity index (χ0v) is 15.8. The second-order valence-electron chi connectivity index (χ2n) is 6.69. The maximum atomic E-state index is 12.2. The van der Waals surface area contributed by atoms with E-state index in [9.17, 15) is 4.79 Å². The molecule has 0 unspecified atom stereocenters. The summed E-state index contributed by atoms with van der Waals surface area (Å²) >= 11 is 0. The molecule has 0 fully saturated rings. The number of ether oxygens (including phenoxy) is 1. The van der Waals surface area contributed by atoms with Gasteiger partial charge in [-0.1, -0.05) is 56.3 Å². The quantitative estimate of drug-likeness (QED) is 0.697. The summed E-state index contributed by atoms with van der Waals surface area (Å²) in [5, 5.41) is 2.77. The van der Waals surface area contributed by atoms with E-state index >= 15 is 0 Å². The van der Waals surface area contributed by atoms with Gasteiger partial charge in [-0.05, 0) is 30.0 Å². The van der Waals surface area contributed by atoms with Crippen molar-refractivity contribution in [2.45, 2.75) is 26.7 Å².